The molecule has 1 aromatic heterocycles. The molecule has 0 aliphatic heterocycles. The molecule has 0 radical (unpaired) electrons. The van der Waals surface area contributed by atoms with Crippen molar-refractivity contribution in [3.8, 4) is 22.6 Å². The maximum atomic E-state index is 12.8. The first kappa shape index (κ1) is 26.6. The van der Waals surface area contributed by atoms with Crippen molar-refractivity contribution in [2.45, 2.75) is 33.1 Å². The quantitative estimate of drug-likeness (QED) is 0.215. The Labute approximate surface area is 223 Å². The third kappa shape index (κ3) is 7.29. The molecule has 0 saturated carbocycles. The number of hydrogen-bond donors (Lipinski definition) is 1. The summed E-state index contributed by atoms with van der Waals surface area (Å²) >= 11 is 0. The van der Waals surface area contributed by atoms with Gasteiger partial charge in [0.15, 0.2) is 17.3 Å². The Kier molecular flexibility index (Phi) is 9.24. The minimum Gasteiger partial charge on any atom is -0.490 e. The van der Waals surface area contributed by atoms with Crippen molar-refractivity contribution in [2.75, 3.05) is 18.5 Å². The highest BCUT2D eigenvalue weighted by Crippen LogP contribution is 2.29. The number of anilines is 1. The largest absolute Gasteiger partial charge is 0.490 e. The van der Waals surface area contributed by atoms with Crippen molar-refractivity contribution in [3.63, 3.8) is 0 Å². The molecule has 1 amide bonds. The van der Waals surface area contributed by atoms with E-state index in [2.05, 4.69) is 17.4 Å². The molecule has 0 spiro atoms. The summed E-state index contributed by atoms with van der Waals surface area (Å²) in [6.45, 7) is 4.73. The lowest BCUT2D eigenvalue weighted by Gasteiger charge is -2.12. The van der Waals surface area contributed by atoms with Crippen molar-refractivity contribution in [1.29, 1.82) is 0 Å². The van der Waals surface area contributed by atoms with Crippen LogP contribution in [0.5, 0.6) is 11.5 Å². The number of carbonyl (C=O) groups excluding carboxylic acids is 2. The molecule has 6 heteroatoms. The maximum absolute atomic E-state index is 12.8. The SMILES string of the molecule is CCOc1ccc(C(=O)CCC(=O)Nc2cc(-c3ccccc3)cc(Cc3ccccc3)n2)cc1OCC. The summed E-state index contributed by atoms with van der Waals surface area (Å²) in [7, 11) is 0. The van der Waals surface area contributed by atoms with E-state index < -0.39 is 0 Å². The number of benzene rings is 3. The maximum Gasteiger partial charge on any atom is 0.225 e. The molecule has 6 nitrogen and oxygen atoms in total. The Morgan fingerprint density at radius 1 is 0.737 bits per heavy atom. The van der Waals surface area contributed by atoms with E-state index >= 15 is 0 Å². The normalized spacial score (nSPS) is 10.6. The van der Waals surface area contributed by atoms with Gasteiger partial charge in [-0.2, -0.15) is 0 Å². The highest BCUT2D eigenvalue weighted by molar-refractivity contribution is 6.00. The van der Waals surface area contributed by atoms with Crippen molar-refractivity contribution in [2.24, 2.45) is 0 Å². The standard InChI is InChI=1S/C32H32N2O4/c1-3-37-29-17-15-25(21-30(29)38-4-2)28(35)16-18-32(36)34-31-22-26(24-13-9-6-10-14-24)20-27(33-31)19-23-11-7-5-8-12-23/h5-15,17,20-22H,3-4,16,18-19H2,1-2H3,(H,33,34,36). The van der Waals surface area contributed by atoms with Crippen molar-refractivity contribution in [3.05, 3.63) is 108 Å². The predicted octanol–water partition coefficient (Wildman–Crippen LogP) is 6.74. The summed E-state index contributed by atoms with van der Waals surface area (Å²) in [6.07, 6.45) is 0.755. The molecule has 0 aliphatic rings. The van der Waals surface area contributed by atoms with Crippen molar-refractivity contribution in [1.82, 2.24) is 4.98 Å². The molecule has 3 aromatic carbocycles. The second kappa shape index (κ2) is 13.2. The average Bonchev–Trinajstić information content (AvgIpc) is 2.94. The monoisotopic (exact) mass is 508 g/mol. The minimum atomic E-state index is -0.266. The molecule has 0 saturated heterocycles. The average molecular weight is 509 g/mol. The van der Waals surface area contributed by atoms with Crippen molar-refractivity contribution < 1.29 is 19.1 Å². The Bertz CT molecular complexity index is 1370. The fourth-order valence-electron chi connectivity index (χ4n) is 4.15. The van der Waals surface area contributed by atoms with Crippen LogP contribution in [0.25, 0.3) is 11.1 Å². The van der Waals surface area contributed by atoms with E-state index in [1.807, 2.05) is 74.5 Å². The van der Waals surface area contributed by atoms with Crippen LogP contribution in [0.4, 0.5) is 5.82 Å². The van der Waals surface area contributed by atoms with E-state index in [9.17, 15) is 9.59 Å². The topological polar surface area (TPSA) is 77.5 Å². The van der Waals surface area contributed by atoms with Gasteiger partial charge in [-0.15, -0.1) is 0 Å². The molecular formula is C32H32N2O4. The molecule has 0 atom stereocenters. The van der Waals surface area contributed by atoms with Gasteiger partial charge in [0.25, 0.3) is 0 Å². The number of amides is 1. The highest BCUT2D eigenvalue weighted by Gasteiger charge is 2.15. The summed E-state index contributed by atoms with van der Waals surface area (Å²) in [5, 5.41) is 2.90. The highest BCUT2D eigenvalue weighted by atomic mass is 16.5. The van der Waals surface area contributed by atoms with Gasteiger partial charge in [0, 0.05) is 30.5 Å². The lowest BCUT2D eigenvalue weighted by Crippen LogP contribution is -2.15. The zero-order chi connectivity index (χ0) is 26.7. The second-order valence-corrected chi connectivity index (χ2v) is 8.76. The second-order valence-electron chi connectivity index (χ2n) is 8.76. The molecule has 1 heterocycles. The van der Waals surface area contributed by atoms with Gasteiger partial charge < -0.3 is 14.8 Å². The number of pyridine rings is 1. The van der Waals surface area contributed by atoms with E-state index in [-0.39, 0.29) is 24.5 Å². The van der Waals surface area contributed by atoms with Gasteiger partial charge in [-0.1, -0.05) is 60.7 Å². The Morgan fingerprint density at radius 2 is 1.42 bits per heavy atom. The molecule has 4 aromatic rings. The minimum absolute atomic E-state index is 0.0429. The van der Waals surface area contributed by atoms with Crippen molar-refractivity contribution >= 4 is 17.5 Å². The molecular weight excluding hydrogens is 476 g/mol. The number of ketones is 1. The lowest BCUT2D eigenvalue weighted by atomic mass is 10.0. The number of aromatic nitrogens is 1. The van der Waals surface area contributed by atoms with Crippen LogP contribution in [0, 0.1) is 0 Å². The van der Waals surface area contributed by atoms with Crippen LogP contribution in [0.15, 0.2) is 91.0 Å². The first-order valence-corrected chi connectivity index (χ1v) is 12.9. The van der Waals surface area contributed by atoms with Crippen LogP contribution in [0.1, 0.15) is 48.3 Å². The van der Waals surface area contributed by atoms with Gasteiger partial charge in [0.05, 0.1) is 13.2 Å². The molecule has 0 bridgehead atoms. The van der Waals surface area contributed by atoms with Crippen LogP contribution in [-0.4, -0.2) is 29.9 Å². The molecule has 1 N–H and O–H groups in total. The molecule has 4 rings (SSSR count). The molecule has 0 aliphatic carbocycles. The van der Waals surface area contributed by atoms with E-state index in [0.29, 0.717) is 42.5 Å². The van der Waals surface area contributed by atoms with Gasteiger partial charge in [-0.05, 0) is 60.9 Å². The van der Waals surface area contributed by atoms with Gasteiger partial charge in [0.1, 0.15) is 5.82 Å². The number of nitrogens with zero attached hydrogens (tertiary/aromatic N) is 1. The number of hydrogen-bond acceptors (Lipinski definition) is 5. The Balaban J connectivity index is 1.46. The van der Waals surface area contributed by atoms with Crippen LogP contribution in [-0.2, 0) is 11.2 Å². The van der Waals surface area contributed by atoms with Gasteiger partial charge in [0.2, 0.25) is 5.91 Å². The fraction of sp³-hybridized carbons (Fsp3) is 0.219. The Hall–Kier alpha value is -4.45. The van der Waals surface area contributed by atoms with Gasteiger partial charge in [-0.3, -0.25) is 9.59 Å². The molecule has 38 heavy (non-hydrogen) atoms. The number of Topliss-reactive ketones (excluding diaryl/α,β-unsaturated/α-hetero) is 1. The number of carbonyl (C=O) groups is 2. The third-order valence-corrected chi connectivity index (χ3v) is 5.93. The summed E-state index contributed by atoms with van der Waals surface area (Å²) in [5.41, 5.74) is 4.47. The number of nitrogens with one attached hydrogen (secondary N) is 1. The van der Waals surface area contributed by atoms with Gasteiger partial charge in [-0.25, -0.2) is 4.98 Å². The molecule has 0 unspecified atom stereocenters. The molecule has 194 valence electrons. The predicted molar refractivity (Wildman–Crippen MR) is 150 cm³/mol. The number of ether oxygens (including phenoxy) is 2. The van der Waals surface area contributed by atoms with E-state index in [0.717, 1.165) is 22.4 Å². The summed E-state index contributed by atoms with van der Waals surface area (Å²) in [5.74, 6) is 1.18. The number of rotatable bonds is 12. The van der Waals surface area contributed by atoms with Crippen LogP contribution >= 0.6 is 0 Å². The third-order valence-electron chi connectivity index (χ3n) is 5.93. The van der Waals surface area contributed by atoms with E-state index in [1.165, 1.54) is 0 Å². The van der Waals surface area contributed by atoms with Crippen LogP contribution < -0.4 is 14.8 Å². The van der Waals surface area contributed by atoms with Crippen LogP contribution in [0.3, 0.4) is 0 Å². The summed E-state index contributed by atoms with van der Waals surface area (Å²) < 4.78 is 11.2. The van der Waals surface area contributed by atoms with Crippen LogP contribution in [0.2, 0.25) is 0 Å². The first-order valence-electron chi connectivity index (χ1n) is 12.9. The Morgan fingerprint density at radius 3 is 2.13 bits per heavy atom. The smallest absolute Gasteiger partial charge is 0.225 e. The van der Waals surface area contributed by atoms with E-state index in [1.54, 1.807) is 18.2 Å². The zero-order valence-corrected chi connectivity index (χ0v) is 21.8. The zero-order valence-electron chi connectivity index (χ0n) is 21.8. The summed E-state index contributed by atoms with van der Waals surface area (Å²) in [6, 6.07) is 29.1. The first-order chi connectivity index (χ1) is 18.6. The fourth-order valence-corrected chi connectivity index (χ4v) is 4.15. The van der Waals surface area contributed by atoms with E-state index in [4.69, 9.17) is 14.5 Å². The molecule has 0 fully saturated rings. The van der Waals surface area contributed by atoms with Gasteiger partial charge >= 0.3 is 0 Å². The summed E-state index contributed by atoms with van der Waals surface area (Å²) in [4.78, 5) is 30.3. The lowest BCUT2D eigenvalue weighted by molar-refractivity contribution is -0.116.